The zero-order chi connectivity index (χ0) is 22.9. The van der Waals surface area contributed by atoms with Gasteiger partial charge in [0, 0.05) is 32.4 Å². The molecule has 174 valence electrons. The van der Waals surface area contributed by atoms with Gasteiger partial charge >= 0.3 is 0 Å². The van der Waals surface area contributed by atoms with Crippen molar-refractivity contribution in [2.45, 2.75) is 26.3 Å². The highest BCUT2D eigenvalue weighted by molar-refractivity contribution is 5.88. The summed E-state index contributed by atoms with van der Waals surface area (Å²) in [5.74, 6) is 0.687. The lowest BCUT2D eigenvalue weighted by Gasteiger charge is -2.10. The average Bonchev–Trinajstić information content (AvgIpc) is 2.84. The number of nitrogens with two attached hydrogens (primary N) is 1. The maximum Gasteiger partial charge on any atom is 0.221 e. The van der Waals surface area contributed by atoms with E-state index in [1.54, 1.807) is 0 Å². The second kappa shape index (κ2) is 17.2. The zero-order valence-corrected chi connectivity index (χ0v) is 19.1. The highest BCUT2D eigenvalue weighted by Gasteiger charge is 2.06. The summed E-state index contributed by atoms with van der Waals surface area (Å²) in [5.41, 5.74) is 7.95. The standard InChI is InChI=1S/C21H23N5O.C2H6.C2H4.H3N.H2/c22-17(11-10-16-6-2-1-3-7-16)14-20(27)23-12-13-24-21-18-8-4-5-9-19(18)25-15-26-21;2*1-2;;/h1-11,15,17H,12-14,22H2,(H,23,27)(H,24,25,26);1-2H3;1-2H2;1H3;1H/b11-10+;;;;. The molecule has 0 bridgehead atoms. The molecule has 0 saturated carbocycles. The first-order chi connectivity index (χ1) is 15.2. The summed E-state index contributed by atoms with van der Waals surface area (Å²) in [6.07, 6.45) is 5.56. The monoisotopic (exact) mass is 438 g/mol. The smallest absolute Gasteiger partial charge is 0.221 e. The van der Waals surface area contributed by atoms with E-state index in [2.05, 4.69) is 33.8 Å². The molecule has 0 aliphatic carbocycles. The molecule has 0 aliphatic heterocycles. The Kier molecular flexibility index (Phi) is 15.3. The lowest BCUT2D eigenvalue weighted by Crippen LogP contribution is -2.33. The Morgan fingerprint density at radius 3 is 2.44 bits per heavy atom. The van der Waals surface area contributed by atoms with Gasteiger partial charge in [-0.25, -0.2) is 9.97 Å². The summed E-state index contributed by atoms with van der Waals surface area (Å²) in [5, 5.41) is 7.06. The maximum atomic E-state index is 12.0. The number of benzene rings is 2. The quantitative estimate of drug-likeness (QED) is 0.295. The number of nitrogens with zero attached hydrogens (tertiary/aromatic N) is 2. The van der Waals surface area contributed by atoms with Crippen LogP contribution in [0.25, 0.3) is 17.0 Å². The largest absolute Gasteiger partial charge is 0.368 e. The first-order valence-corrected chi connectivity index (χ1v) is 10.4. The molecule has 7 heteroatoms. The minimum atomic E-state index is -0.316. The van der Waals surface area contributed by atoms with Gasteiger partial charge in [0.1, 0.15) is 12.1 Å². The van der Waals surface area contributed by atoms with Gasteiger partial charge in [-0.2, -0.15) is 0 Å². The van der Waals surface area contributed by atoms with Crippen LogP contribution in [-0.2, 0) is 4.79 Å². The van der Waals surface area contributed by atoms with E-state index < -0.39 is 0 Å². The van der Waals surface area contributed by atoms with Gasteiger partial charge < -0.3 is 22.5 Å². The Balaban J connectivity index is 0. The summed E-state index contributed by atoms with van der Waals surface area (Å²) < 4.78 is 0. The third-order valence-corrected chi connectivity index (χ3v) is 4.04. The molecule has 0 radical (unpaired) electrons. The van der Waals surface area contributed by atoms with E-state index in [4.69, 9.17) is 5.73 Å². The van der Waals surface area contributed by atoms with Crippen molar-refractivity contribution in [2.75, 3.05) is 18.4 Å². The number of nitrogens with one attached hydrogen (secondary N) is 2. The van der Waals surface area contributed by atoms with Crippen LogP contribution in [0.4, 0.5) is 5.82 Å². The first kappa shape index (κ1) is 28.5. The molecule has 1 heterocycles. The second-order valence-corrected chi connectivity index (χ2v) is 6.15. The molecule has 32 heavy (non-hydrogen) atoms. The topological polar surface area (TPSA) is 128 Å². The number of hydrogen-bond acceptors (Lipinski definition) is 6. The van der Waals surface area contributed by atoms with Crippen molar-refractivity contribution in [2.24, 2.45) is 5.73 Å². The Bertz CT molecular complexity index is 931. The molecule has 1 amide bonds. The molecule has 7 N–H and O–H groups in total. The van der Waals surface area contributed by atoms with Crippen LogP contribution in [0.2, 0.25) is 0 Å². The molecular formula is C25H38N6O. The number of amides is 1. The van der Waals surface area contributed by atoms with Gasteiger partial charge in [0.2, 0.25) is 5.91 Å². The van der Waals surface area contributed by atoms with E-state index in [-0.39, 0.29) is 25.9 Å². The Labute approximate surface area is 192 Å². The fourth-order valence-electron chi connectivity index (χ4n) is 2.68. The number of carbonyl (C=O) groups excluding carboxylic acids is 1. The van der Waals surface area contributed by atoms with E-state index in [0.29, 0.717) is 13.1 Å². The molecule has 0 spiro atoms. The number of aromatic nitrogens is 2. The second-order valence-electron chi connectivity index (χ2n) is 6.15. The summed E-state index contributed by atoms with van der Waals surface area (Å²) in [6.45, 7) is 11.1. The first-order valence-electron chi connectivity index (χ1n) is 10.4. The minimum absolute atomic E-state index is 0. The number of fused-ring (bicyclic) bond motifs is 1. The molecule has 2 aromatic carbocycles. The van der Waals surface area contributed by atoms with Crippen molar-refractivity contribution in [1.82, 2.24) is 21.4 Å². The van der Waals surface area contributed by atoms with Crippen molar-refractivity contribution in [1.29, 1.82) is 0 Å². The van der Waals surface area contributed by atoms with Gasteiger partial charge in [-0.05, 0) is 17.7 Å². The molecule has 7 nitrogen and oxygen atoms in total. The molecule has 1 atom stereocenters. The maximum absolute atomic E-state index is 12.0. The fraction of sp³-hybridized carbons (Fsp3) is 0.240. The predicted molar refractivity (Wildman–Crippen MR) is 139 cm³/mol. The highest BCUT2D eigenvalue weighted by atomic mass is 16.1. The molecular weight excluding hydrogens is 400 g/mol. The van der Waals surface area contributed by atoms with Crippen LogP contribution in [0.5, 0.6) is 0 Å². The summed E-state index contributed by atoms with van der Waals surface area (Å²) >= 11 is 0. The van der Waals surface area contributed by atoms with Crippen LogP contribution in [0.3, 0.4) is 0 Å². The SMILES string of the molecule is C=C.CC.N.NC(/C=C/c1ccccc1)CC(=O)NCCNc1ncnc2ccccc12.[HH]. The van der Waals surface area contributed by atoms with Gasteiger partial charge in [0.25, 0.3) is 0 Å². The van der Waals surface area contributed by atoms with Crippen LogP contribution in [0.15, 0.2) is 80.2 Å². The van der Waals surface area contributed by atoms with Gasteiger partial charge in [-0.3, -0.25) is 4.79 Å². The predicted octanol–water partition coefficient (Wildman–Crippen LogP) is 4.83. The summed E-state index contributed by atoms with van der Waals surface area (Å²) in [6, 6.07) is 17.3. The molecule has 3 aromatic rings. The van der Waals surface area contributed by atoms with E-state index in [1.807, 2.05) is 80.6 Å². The number of hydrogen-bond donors (Lipinski definition) is 4. The molecule has 1 unspecified atom stereocenters. The average molecular weight is 439 g/mol. The Morgan fingerprint density at radius 2 is 1.72 bits per heavy atom. The van der Waals surface area contributed by atoms with Gasteiger partial charge in [0.15, 0.2) is 0 Å². The van der Waals surface area contributed by atoms with Crippen LogP contribution >= 0.6 is 0 Å². The summed E-state index contributed by atoms with van der Waals surface area (Å²) in [7, 11) is 0. The van der Waals surface area contributed by atoms with Crippen molar-refractivity contribution in [3.05, 3.63) is 85.7 Å². The van der Waals surface area contributed by atoms with Crippen LogP contribution in [0.1, 0.15) is 27.3 Å². The van der Waals surface area contributed by atoms with E-state index in [9.17, 15) is 4.79 Å². The summed E-state index contributed by atoms with van der Waals surface area (Å²) in [4.78, 5) is 20.5. The molecule has 1 aromatic heterocycles. The van der Waals surface area contributed by atoms with Gasteiger partial charge in [-0.15, -0.1) is 13.2 Å². The number of carbonyl (C=O) groups is 1. The number of para-hydroxylation sites is 1. The van der Waals surface area contributed by atoms with Crippen LogP contribution in [0, 0.1) is 0 Å². The molecule has 0 aliphatic rings. The minimum Gasteiger partial charge on any atom is -0.368 e. The third-order valence-electron chi connectivity index (χ3n) is 4.04. The normalized spacial score (nSPS) is 10.6. The zero-order valence-electron chi connectivity index (χ0n) is 19.1. The third kappa shape index (κ3) is 9.97. The van der Waals surface area contributed by atoms with Gasteiger partial charge in [0.05, 0.1) is 5.52 Å². The van der Waals surface area contributed by atoms with Crippen molar-refractivity contribution in [3.8, 4) is 0 Å². The van der Waals surface area contributed by atoms with Crippen molar-refractivity contribution < 1.29 is 6.22 Å². The molecule has 0 fully saturated rings. The highest BCUT2D eigenvalue weighted by Crippen LogP contribution is 2.17. The lowest BCUT2D eigenvalue weighted by atomic mass is 10.1. The molecule has 3 rings (SSSR count). The van der Waals surface area contributed by atoms with Crippen LogP contribution in [-0.4, -0.2) is 35.0 Å². The fourth-order valence-corrected chi connectivity index (χ4v) is 2.68. The lowest BCUT2D eigenvalue weighted by molar-refractivity contribution is -0.121. The molecule has 0 saturated heterocycles. The Morgan fingerprint density at radius 1 is 1.06 bits per heavy atom. The van der Waals surface area contributed by atoms with E-state index >= 15 is 0 Å². The van der Waals surface area contributed by atoms with Crippen molar-refractivity contribution in [3.63, 3.8) is 0 Å². The van der Waals surface area contributed by atoms with E-state index in [1.165, 1.54) is 6.33 Å². The van der Waals surface area contributed by atoms with E-state index in [0.717, 1.165) is 22.3 Å². The Hall–Kier alpha value is -3.55. The number of anilines is 1. The van der Waals surface area contributed by atoms with Crippen LogP contribution < -0.4 is 22.5 Å². The number of rotatable bonds is 8. The van der Waals surface area contributed by atoms with Gasteiger partial charge in [-0.1, -0.05) is 68.5 Å². The van der Waals surface area contributed by atoms with Crippen molar-refractivity contribution >= 4 is 28.7 Å².